The number of anilines is 3. The summed E-state index contributed by atoms with van der Waals surface area (Å²) < 4.78 is 38.8. The molecule has 0 radical (unpaired) electrons. The van der Waals surface area contributed by atoms with Crippen LogP contribution in [0.2, 0.25) is 5.02 Å². The average Bonchev–Trinajstić information content (AvgIpc) is 2.65. The molecular formula is C20H21ClF3N3O2. The lowest BCUT2D eigenvalue weighted by atomic mass is 10.1. The highest BCUT2D eigenvalue weighted by Gasteiger charge is 2.33. The summed E-state index contributed by atoms with van der Waals surface area (Å²) in [6.45, 7) is 7.49. The van der Waals surface area contributed by atoms with E-state index in [0.29, 0.717) is 11.8 Å². The molecule has 0 saturated heterocycles. The summed E-state index contributed by atoms with van der Waals surface area (Å²) in [7, 11) is 0. The molecular weight excluding hydrogens is 407 g/mol. The van der Waals surface area contributed by atoms with Crippen molar-refractivity contribution in [3.63, 3.8) is 0 Å². The standard InChI is InChI=1S/C20H21ClF3N3O2/c1-4-27(5-2)14-7-9-17(12(3)10-14)26-19(29)18(28)25-13-6-8-16(21)15(11-13)20(22,23)24/h6-11H,4-5H2,1-3H3,(H,25,28)(H,26,29). The van der Waals surface area contributed by atoms with Gasteiger partial charge in [0.25, 0.3) is 0 Å². The highest BCUT2D eigenvalue weighted by Crippen LogP contribution is 2.36. The Morgan fingerprint density at radius 3 is 2.17 bits per heavy atom. The van der Waals surface area contributed by atoms with Crippen molar-refractivity contribution in [3.05, 3.63) is 52.5 Å². The van der Waals surface area contributed by atoms with Crippen LogP contribution >= 0.6 is 11.6 Å². The monoisotopic (exact) mass is 427 g/mol. The number of nitrogens with one attached hydrogen (secondary N) is 2. The van der Waals surface area contributed by atoms with Crippen LogP contribution in [0.4, 0.5) is 30.2 Å². The fourth-order valence-electron chi connectivity index (χ4n) is 2.76. The SMILES string of the molecule is CCN(CC)c1ccc(NC(=O)C(=O)Nc2ccc(Cl)c(C(F)(F)F)c2)c(C)c1. The minimum atomic E-state index is -4.68. The van der Waals surface area contributed by atoms with E-state index < -0.39 is 28.6 Å². The molecule has 0 heterocycles. The van der Waals surface area contributed by atoms with Crippen LogP contribution in [-0.4, -0.2) is 24.9 Å². The lowest BCUT2D eigenvalue weighted by molar-refractivity contribution is -0.137. The van der Waals surface area contributed by atoms with E-state index in [-0.39, 0.29) is 5.69 Å². The van der Waals surface area contributed by atoms with Crippen molar-refractivity contribution < 1.29 is 22.8 Å². The van der Waals surface area contributed by atoms with Gasteiger partial charge in [-0.05, 0) is 62.7 Å². The molecule has 2 aromatic carbocycles. The maximum absolute atomic E-state index is 12.9. The highest BCUT2D eigenvalue weighted by atomic mass is 35.5. The van der Waals surface area contributed by atoms with Gasteiger partial charge in [-0.25, -0.2) is 0 Å². The fourth-order valence-corrected chi connectivity index (χ4v) is 2.99. The molecule has 2 N–H and O–H groups in total. The van der Waals surface area contributed by atoms with E-state index in [0.717, 1.165) is 30.4 Å². The van der Waals surface area contributed by atoms with Crippen molar-refractivity contribution in [2.24, 2.45) is 0 Å². The molecule has 0 fully saturated rings. The van der Waals surface area contributed by atoms with Crippen molar-refractivity contribution >= 4 is 40.5 Å². The molecule has 0 aliphatic carbocycles. The van der Waals surface area contributed by atoms with E-state index in [1.54, 1.807) is 13.0 Å². The van der Waals surface area contributed by atoms with Gasteiger partial charge in [-0.3, -0.25) is 9.59 Å². The van der Waals surface area contributed by atoms with Crippen molar-refractivity contribution in [2.75, 3.05) is 28.6 Å². The van der Waals surface area contributed by atoms with E-state index in [1.165, 1.54) is 6.07 Å². The lowest BCUT2D eigenvalue weighted by Gasteiger charge is -2.22. The number of amides is 2. The van der Waals surface area contributed by atoms with Gasteiger partial charge < -0.3 is 15.5 Å². The zero-order valence-corrected chi connectivity index (χ0v) is 16.9. The van der Waals surface area contributed by atoms with Crippen LogP contribution in [-0.2, 0) is 15.8 Å². The van der Waals surface area contributed by atoms with Crippen LogP contribution < -0.4 is 15.5 Å². The van der Waals surface area contributed by atoms with Crippen molar-refractivity contribution in [3.8, 4) is 0 Å². The summed E-state index contributed by atoms with van der Waals surface area (Å²) in [4.78, 5) is 26.4. The first kappa shape index (κ1) is 22.5. The molecule has 0 spiro atoms. The van der Waals surface area contributed by atoms with Gasteiger partial charge in [0.05, 0.1) is 10.6 Å². The van der Waals surface area contributed by atoms with Crippen LogP contribution in [0.15, 0.2) is 36.4 Å². The second kappa shape index (κ2) is 9.17. The Morgan fingerprint density at radius 2 is 1.62 bits per heavy atom. The van der Waals surface area contributed by atoms with Gasteiger partial charge in [0.2, 0.25) is 0 Å². The van der Waals surface area contributed by atoms with Crippen LogP contribution in [0.1, 0.15) is 25.0 Å². The van der Waals surface area contributed by atoms with Crippen molar-refractivity contribution in [1.82, 2.24) is 0 Å². The molecule has 9 heteroatoms. The third-order valence-electron chi connectivity index (χ3n) is 4.32. The summed E-state index contributed by atoms with van der Waals surface area (Å²) in [6, 6.07) is 8.26. The first-order valence-electron chi connectivity index (χ1n) is 8.91. The Morgan fingerprint density at radius 1 is 1.00 bits per heavy atom. The number of carbonyl (C=O) groups excluding carboxylic acids is 2. The van der Waals surface area contributed by atoms with E-state index in [2.05, 4.69) is 15.5 Å². The van der Waals surface area contributed by atoms with Gasteiger partial charge in [-0.15, -0.1) is 0 Å². The average molecular weight is 428 g/mol. The first-order valence-corrected chi connectivity index (χ1v) is 9.29. The van der Waals surface area contributed by atoms with Gasteiger partial charge >= 0.3 is 18.0 Å². The predicted molar refractivity (Wildman–Crippen MR) is 108 cm³/mol. The summed E-state index contributed by atoms with van der Waals surface area (Å²) >= 11 is 5.55. The highest BCUT2D eigenvalue weighted by molar-refractivity contribution is 6.43. The molecule has 0 aliphatic rings. The quantitative estimate of drug-likeness (QED) is 0.653. The molecule has 156 valence electrons. The van der Waals surface area contributed by atoms with Gasteiger partial charge in [0.15, 0.2) is 0 Å². The molecule has 0 aliphatic heterocycles. The molecule has 0 aromatic heterocycles. The number of aryl methyl sites for hydroxylation is 1. The number of nitrogens with zero attached hydrogens (tertiary/aromatic N) is 1. The number of hydrogen-bond donors (Lipinski definition) is 2. The molecule has 0 atom stereocenters. The summed E-state index contributed by atoms with van der Waals surface area (Å²) in [5, 5.41) is 4.13. The Hall–Kier alpha value is -2.74. The largest absolute Gasteiger partial charge is 0.417 e. The Kier molecular flexibility index (Phi) is 7.13. The molecule has 2 aromatic rings. The summed E-state index contributed by atoms with van der Waals surface area (Å²) in [5.74, 6) is -2.08. The Bertz CT molecular complexity index is 912. The normalized spacial score (nSPS) is 11.1. The minimum absolute atomic E-state index is 0.185. The van der Waals surface area contributed by atoms with Crippen LogP contribution in [0.25, 0.3) is 0 Å². The van der Waals surface area contributed by atoms with Gasteiger partial charge in [-0.2, -0.15) is 13.2 Å². The number of benzene rings is 2. The molecule has 2 amide bonds. The molecule has 0 saturated carbocycles. The lowest BCUT2D eigenvalue weighted by Crippen LogP contribution is -2.29. The zero-order chi connectivity index (χ0) is 21.8. The van der Waals surface area contributed by atoms with Crippen molar-refractivity contribution in [1.29, 1.82) is 0 Å². The smallest absolute Gasteiger partial charge is 0.372 e. The predicted octanol–water partition coefficient (Wildman–Crippen LogP) is 5.09. The third kappa shape index (κ3) is 5.63. The molecule has 0 unspecified atom stereocenters. The van der Waals surface area contributed by atoms with Gasteiger partial charge in [0, 0.05) is 30.2 Å². The number of hydrogen-bond acceptors (Lipinski definition) is 3. The third-order valence-corrected chi connectivity index (χ3v) is 4.65. The molecule has 2 rings (SSSR count). The number of carbonyl (C=O) groups is 2. The Balaban J connectivity index is 2.11. The van der Waals surface area contributed by atoms with E-state index >= 15 is 0 Å². The molecule has 29 heavy (non-hydrogen) atoms. The summed E-state index contributed by atoms with van der Waals surface area (Å²) in [5.41, 5.74) is 0.890. The van der Waals surface area contributed by atoms with Crippen LogP contribution in [0.3, 0.4) is 0 Å². The Labute approximate surface area is 171 Å². The van der Waals surface area contributed by atoms with E-state index in [4.69, 9.17) is 11.6 Å². The first-order chi connectivity index (χ1) is 13.6. The fraction of sp³-hybridized carbons (Fsp3) is 0.300. The topological polar surface area (TPSA) is 61.4 Å². The maximum Gasteiger partial charge on any atom is 0.417 e. The minimum Gasteiger partial charge on any atom is -0.372 e. The van der Waals surface area contributed by atoms with Crippen LogP contribution in [0, 0.1) is 6.92 Å². The molecule has 5 nitrogen and oxygen atoms in total. The van der Waals surface area contributed by atoms with Gasteiger partial charge in [0.1, 0.15) is 0 Å². The number of alkyl halides is 3. The number of rotatable bonds is 5. The maximum atomic E-state index is 12.9. The van der Waals surface area contributed by atoms with E-state index in [1.807, 2.05) is 26.0 Å². The second-order valence-electron chi connectivity index (χ2n) is 6.27. The molecule has 0 bridgehead atoms. The van der Waals surface area contributed by atoms with Crippen LogP contribution in [0.5, 0.6) is 0 Å². The summed E-state index contributed by atoms with van der Waals surface area (Å²) in [6.07, 6.45) is -4.68. The van der Waals surface area contributed by atoms with Crippen molar-refractivity contribution in [2.45, 2.75) is 26.9 Å². The van der Waals surface area contributed by atoms with Gasteiger partial charge in [-0.1, -0.05) is 11.6 Å². The second-order valence-corrected chi connectivity index (χ2v) is 6.68. The number of halogens is 4. The van der Waals surface area contributed by atoms with E-state index in [9.17, 15) is 22.8 Å². The zero-order valence-electron chi connectivity index (χ0n) is 16.2.